The lowest BCUT2D eigenvalue weighted by molar-refractivity contribution is -0.384. The molecule has 2 saturated heterocycles. The number of likely N-dealkylation sites (tertiary alicyclic amines) is 1. The number of nitrogens with one attached hydrogen (secondary N) is 1. The molecule has 2 aliphatic heterocycles. The summed E-state index contributed by atoms with van der Waals surface area (Å²) < 4.78 is 11.5. The van der Waals surface area contributed by atoms with Gasteiger partial charge in [-0.3, -0.25) is 19.8 Å². The Kier molecular flexibility index (Phi) is 8.03. The number of nitrogens with zero attached hydrogens (tertiary/aromatic N) is 2. The van der Waals surface area contributed by atoms with Crippen molar-refractivity contribution < 1.29 is 19.2 Å². The number of non-ortho nitro benzene ring substituents is 1. The van der Waals surface area contributed by atoms with Crippen LogP contribution in [0.4, 0.5) is 11.4 Å². The third kappa shape index (κ3) is 6.18. The summed E-state index contributed by atoms with van der Waals surface area (Å²) in [6, 6.07) is 13.7. The van der Waals surface area contributed by atoms with Crippen LogP contribution in [0.3, 0.4) is 0 Å². The number of carbonyl (C=O) groups is 1. The molecule has 0 radical (unpaired) electrons. The normalized spacial score (nSPS) is 22.3. The third-order valence-corrected chi connectivity index (χ3v) is 7.14. The zero-order valence-electron chi connectivity index (χ0n) is 20.6. The van der Waals surface area contributed by atoms with Gasteiger partial charge in [-0.15, -0.1) is 0 Å². The highest BCUT2D eigenvalue weighted by atomic mass is 16.6. The van der Waals surface area contributed by atoms with Crippen LogP contribution >= 0.6 is 0 Å². The van der Waals surface area contributed by atoms with E-state index in [2.05, 4.69) is 24.1 Å². The molecule has 2 aromatic carbocycles. The summed E-state index contributed by atoms with van der Waals surface area (Å²) in [6.45, 7) is 9.34. The van der Waals surface area contributed by atoms with E-state index in [1.807, 2.05) is 24.3 Å². The maximum Gasteiger partial charge on any atom is 0.269 e. The Labute approximate surface area is 206 Å². The van der Waals surface area contributed by atoms with Crippen LogP contribution in [-0.2, 0) is 14.9 Å². The van der Waals surface area contributed by atoms with Crippen LogP contribution in [-0.4, -0.2) is 55.2 Å². The number of carbonyl (C=O) groups excluding carboxylic acids is 1. The summed E-state index contributed by atoms with van der Waals surface area (Å²) in [4.78, 5) is 26.5. The van der Waals surface area contributed by atoms with Crippen molar-refractivity contribution in [3.63, 3.8) is 0 Å². The molecular formula is C27H35N3O5. The van der Waals surface area contributed by atoms with E-state index in [4.69, 9.17) is 9.47 Å². The SMILES string of the molecule is C[C@@H]1C[C@@H](C)CN(CCOc2ccc(NC(=O)C3(c4ccc([N+](=O)[O-])cc4)CCOCC3)cc2)C1. The van der Waals surface area contributed by atoms with Gasteiger partial charge in [0.05, 0.1) is 10.3 Å². The smallest absolute Gasteiger partial charge is 0.269 e. The molecule has 2 aromatic rings. The van der Waals surface area contributed by atoms with Crippen molar-refractivity contribution in [1.82, 2.24) is 4.90 Å². The van der Waals surface area contributed by atoms with Crippen molar-refractivity contribution >= 4 is 17.3 Å². The summed E-state index contributed by atoms with van der Waals surface area (Å²) in [6.07, 6.45) is 2.33. The molecule has 0 spiro atoms. The number of rotatable bonds is 8. The molecule has 188 valence electrons. The summed E-state index contributed by atoms with van der Waals surface area (Å²) in [5.41, 5.74) is 0.681. The van der Waals surface area contributed by atoms with E-state index in [1.165, 1.54) is 18.6 Å². The van der Waals surface area contributed by atoms with Gasteiger partial charge in [0.2, 0.25) is 5.91 Å². The van der Waals surface area contributed by atoms with E-state index in [0.717, 1.165) is 42.8 Å². The highest BCUT2D eigenvalue weighted by Gasteiger charge is 2.42. The molecule has 8 heteroatoms. The van der Waals surface area contributed by atoms with Crippen LogP contribution in [0.15, 0.2) is 48.5 Å². The quantitative estimate of drug-likeness (QED) is 0.436. The molecule has 4 rings (SSSR count). The van der Waals surface area contributed by atoms with Crippen molar-refractivity contribution in [3.8, 4) is 5.75 Å². The van der Waals surface area contributed by atoms with Crippen molar-refractivity contribution in [2.75, 3.05) is 44.8 Å². The minimum Gasteiger partial charge on any atom is -0.492 e. The van der Waals surface area contributed by atoms with Gasteiger partial charge < -0.3 is 14.8 Å². The Morgan fingerprint density at radius 2 is 1.71 bits per heavy atom. The first-order valence-electron chi connectivity index (χ1n) is 12.4. The number of ether oxygens (including phenoxy) is 2. The molecule has 1 amide bonds. The predicted molar refractivity (Wildman–Crippen MR) is 135 cm³/mol. The Hall–Kier alpha value is -2.97. The van der Waals surface area contributed by atoms with Gasteiger partial charge >= 0.3 is 0 Å². The monoisotopic (exact) mass is 481 g/mol. The molecule has 0 unspecified atom stereocenters. The summed E-state index contributed by atoms with van der Waals surface area (Å²) in [5, 5.41) is 14.1. The number of amides is 1. The maximum atomic E-state index is 13.5. The van der Waals surface area contributed by atoms with Crippen molar-refractivity contribution in [3.05, 3.63) is 64.2 Å². The number of nitro groups is 1. The minimum atomic E-state index is -0.786. The van der Waals surface area contributed by atoms with Gasteiger partial charge in [-0.05, 0) is 60.9 Å². The van der Waals surface area contributed by atoms with Crippen molar-refractivity contribution in [2.24, 2.45) is 11.8 Å². The van der Waals surface area contributed by atoms with E-state index in [1.54, 1.807) is 12.1 Å². The second-order valence-corrected chi connectivity index (χ2v) is 10.0. The molecule has 2 aliphatic rings. The standard InChI is InChI=1S/C27H35N3O5/c1-20-17-21(2)19-29(18-20)13-16-35-25-9-5-23(6-10-25)28-26(31)27(11-14-34-15-12-27)22-3-7-24(8-4-22)30(32)33/h3-10,20-21H,11-19H2,1-2H3,(H,28,31)/t20-,21-/m1/s1. The lowest BCUT2D eigenvalue weighted by atomic mass is 9.73. The fraction of sp³-hybridized carbons (Fsp3) is 0.519. The highest BCUT2D eigenvalue weighted by Crippen LogP contribution is 2.37. The Morgan fingerprint density at radius 3 is 2.31 bits per heavy atom. The fourth-order valence-corrected chi connectivity index (χ4v) is 5.42. The number of anilines is 1. The zero-order chi connectivity index (χ0) is 24.8. The number of hydrogen-bond donors (Lipinski definition) is 1. The summed E-state index contributed by atoms with van der Waals surface area (Å²) in [5.74, 6) is 2.10. The van der Waals surface area contributed by atoms with E-state index >= 15 is 0 Å². The van der Waals surface area contributed by atoms with Crippen LogP contribution in [0.25, 0.3) is 0 Å². The highest BCUT2D eigenvalue weighted by molar-refractivity contribution is 5.99. The number of nitro benzene ring substituents is 1. The summed E-state index contributed by atoms with van der Waals surface area (Å²) in [7, 11) is 0. The van der Waals surface area contributed by atoms with E-state index in [0.29, 0.717) is 38.3 Å². The minimum absolute atomic E-state index is 0.0104. The van der Waals surface area contributed by atoms with Gasteiger partial charge in [0.1, 0.15) is 12.4 Å². The first-order chi connectivity index (χ1) is 16.9. The first-order valence-corrected chi connectivity index (χ1v) is 12.4. The molecule has 0 aromatic heterocycles. The third-order valence-electron chi connectivity index (χ3n) is 7.14. The van der Waals surface area contributed by atoms with E-state index < -0.39 is 10.3 Å². The van der Waals surface area contributed by atoms with Gasteiger partial charge in [-0.1, -0.05) is 26.0 Å². The van der Waals surface area contributed by atoms with Gasteiger partial charge in [0.25, 0.3) is 5.69 Å². The summed E-state index contributed by atoms with van der Waals surface area (Å²) >= 11 is 0. The number of piperidine rings is 1. The van der Waals surface area contributed by atoms with E-state index in [-0.39, 0.29) is 11.6 Å². The average Bonchev–Trinajstić information content (AvgIpc) is 2.85. The first kappa shape index (κ1) is 25.1. The van der Waals surface area contributed by atoms with E-state index in [9.17, 15) is 14.9 Å². The lowest BCUT2D eigenvalue weighted by Gasteiger charge is -2.36. The molecule has 8 nitrogen and oxygen atoms in total. The number of benzene rings is 2. The number of hydrogen-bond acceptors (Lipinski definition) is 6. The fourth-order valence-electron chi connectivity index (χ4n) is 5.42. The molecule has 1 N–H and O–H groups in total. The predicted octanol–water partition coefficient (Wildman–Crippen LogP) is 4.64. The van der Waals surface area contributed by atoms with Crippen LogP contribution in [0.1, 0.15) is 38.7 Å². The molecule has 2 fully saturated rings. The molecule has 2 atom stereocenters. The Bertz CT molecular complexity index is 992. The van der Waals surface area contributed by atoms with Crippen LogP contribution < -0.4 is 10.1 Å². The van der Waals surface area contributed by atoms with Gasteiger partial charge in [0, 0.05) is 50.7 Å². The van der Waals surface area contributed by atoms with Crippen molar-refractivity contribution in [1.29, 1.82) is 0 Å². The molecule has 0 bridgehead atoms. The average molecular weight is 482 g/mol. The second-order valence-electron chi connectivity index (χ2n) is 10.0. The zero-order valence-corrected chi connectivity index (χ0v) is 20.6. The maximum absolute atomic E-state index is 13.5. The largest absolute Gasteiger partial charge is 0.492 e. The lowest BCUT2D eigenvalue weighted by Crippen LogP contribution is -2.44. The van der Waals surface area contributed by atoms with Gasteiger partial charge in [-0.25, -0.2) is 0 Å². The molecular weight excluding hydrogens is 446 g/mol. The Morgan fingerprint density at radius 1 is 1.09 bits per heavy atom. The molecule has 35 heavy (non-hydrogen) atoms. The Balaban J connectivity index is 1.36. The van der Waals surface area contributed by atoms with Gasteiger partial charge in [-0.2, -0.15) is 0 Å². The molecule has 2 heterocycles. The molecule has 0 aliphatic carbocycles. The van der Waals surface area contributed by atoms with Gasteiger partial charge in [0.15, 0.2) is 0 Å². The van der Waals surface area contributed by atoms with Crippen LogP contribution in [0.5, 0.6) is 5.75 Å². The topological polar surface area (TPSA) is 93.9 Å². The second kappa shape index (κ2) is 11.2. The van der Waals surface area contributed by atoms with Crippen LogP contribution in [0, 0.1) is 22.0 Å². The molecule has 0 saturated carbocycles. The van der Waals surface area contributed by atoms with Crippen LogP contribution in [0.2, 0.25) is 0 Å². The van der Waals surface area contributed by atoms with Crippen molar-refractivity contribution in [2.45, 2.75) is 38.5 Å².